The Bertz CT molecular complexity index is 162. The number of aliphatic hydroxyl groups excluding tert-OH is 1. The van der Waals surface area contributed by atoms with Crippen LogP contribution < -0.4 is 0 Å². The second-order valence-electron chi connectivity index (χ2n) is 2.11. The monoisotopic (exact) mass is 238 g/mol. The highest BCUT2D eigenvalue weighted by molar-refractivity contribution is 14.1. The third-order valence-electron chi connectivity index (χ3n) is 1.18. The quantitative estimate of drug-likeness (QED) is 0.514. The van der Waals surface area contributed by atoms with E-state index in [0.717, 1.165) is 0 Å². The van der Waals surface area contributed by atoms with Gasteiger partial charge in [-0.15, -0.1) is 0 Å². The molecule has 0 aromatic rings. The van der Waals surface area contributed by atoms with Crippen LogP contribution in [0.3, 0.4) is 0 Å². The molecule has 1 aliphatic rings. The number of allylic oxidation sites excluding steroid dienone is 2. The average molecular weight is 238 g/mol. The first-order valence-corrected chi connectivity index (χ1v) is 3.99. The highest BCUT2D eigenvalue weighted by Crippen LogP contribution is 2.20. The van der Waals surface area contributed by atoms with Gasteiger partial charge in [-0.25, -0.2) is 0 Å². The number of aliphatic hydroxyl groups is 1. The molecule has 0 aliphatic heterocycles. The van der Waals surface area contributed by atoms with E-state index in [1.165, 1.54) is 6.08 Å². The predicted molar refractivity (Wildman–Crippen MR) is 42.8 cm³/mol. The molecule has 0 spiro atoms. The smallest absolute Gasteiger partial charge is 0.160 e. The van der Waals surface area contributed by atoms with Gasteiger partial charge in [-0.3, -0.25) is 4.79 Å². The summed E-state index contributed by atoms with van der Waals surface area (Å²) in [5, 5.41) is 8.89. The molecule has 0 bridgehead atoms. The van der Waals surface area contributed by atoms with E-state index in [2.05, 4.69) is 22.6 Å². The number of carbonyl (C=O) groups is 1. The van der Waals surface area contributed by atoms with Crippen molar-refractivity contribution in [3.63, 3.8) is 0 Å². The molecule has 1 rings (SSSR count). The Morgan fingerprint density at radius 2 is 2.33 bits per heavy atom. The Morgan fingerprint density at radius 3 is 2.78 bits per heavy atom. The fourth-order valence-corrected chi connectivity index (χ4v) is 1.71. The molecular formula is C6H7IO2. The molecule has 1 unspecified atom stereocenters. The topological polar surface area (TPSA) is 37.3 Å². The summed E-state index contributed by atoms with van der Waals surface area (Å²) in [6.07, 6.45) is 2.53. The molecule has 3 heteroatoms. The van der Waals surface area contributed by atoms with Crippen molar-refractivity contribution in [1.82, 2.24) is 0 Å². The number of alkyl halides is 1. The molecule has 1 aliphatic carbocycles. The van der Waals surface area contributed by atoms with Crippen LogP contribution in [-0.2, 0) is 4.79 Å². The molecule has 0 radical (unpaired) electrons. The second-order valence-corrected chi connectivity index (χ2v) is 3.87. The second kappa shape index (κ2) is 2.68. The Hall–Kier alpha value is -0.0600. The summed E-state index contributed by atoms with van der Waals surface area (Å²) >= 11 is 2.17. The van der Waals surface area contributed by atoms with E-state index in [1.54, 1.807) is 0 Å². The minimum absolute atomic E-state index is 0.0400. The fourth-order valence-electron chi connectivity index (χ4n) is 0.821. The van der Waals surface area contributed by atoms with Gasteiger partial charge in [0.15, 0.2) is 5.78 Å². The lowest BCUT2D eigenvalue weighted by Gasteiger charge is -2.11. The van der Waals surface area contributed by atoms with Gasteiger partial charge in [-0.1, -0.05) is 22.6 Å². The van der Waals surface area contributed by atoms with E-state index in [9.17, 15) is 4.79 Å². The van der Waals surface area contributed by atoms with Crippen molar-refractivity contribution in [1.29, 1.82) is 0 Å². The standard InChI is InChI=1S/C6H7IO2/c7-4-1-5(8)3-6(9)2-4/h3-4,8H,1-2H2. The van der Waals surface area contributed by atoms with E-state index >= 15 is 0 Å². The number of hydrogen-bond donors (Lipinski definition) is 1. The molecule has 0 aromatic heterocycles. The lowest BCUT2D eigenvalue weighted by Crippen LogP contribution is -2.12. The molecule has 0 aromatic carbocycles. The average Bonchev–Trinajstić information content (AvgIpc) is 1.59. The van der Waals surface area contributed by atoms with Crippen molar-refractivity contribution >= 4 is 28.4 Å². The maximum absolute atomic E-state index is 10.6. The zero-order valence-corrected chi connectivity index (χ0v) is 6.96. The number of halogens is 1. The van der Waals surface area contributed by atoms with Gasteiger partial charge in [0.1, 0.15) is 0 Å². The van der Waals surface area contributed by atoms with Crippen LogP contribution in [0, 0.1) is 0 Å². The molecule has 1 N–H and O–H groups in total. The van der Waals surface area contributed by atoms with E-state index in [1.807, 2.05) is 0 Å². The SMILES string of the molecule is O=C1C=C(O)CC(I)C1. The Morgan fingerprint density at radius 1 is 1.67 bits per heavy atom. The van der Waals surface area contributed by atoms with Gasteiger partial charge >= 0.3 is 0 Å². The highest BCUT2D eigenvalue weighted by atomic mass is 127. The number of hydrogen-bond acceptors (Lipinski definition) is 2. The van der Waals surface area contributed by atoms with Gasteiger partial charge in [-0.2, -0.15) is 0 Å². The fraction of sp³-hybridized carbons (Fsp3) is 0.500. The van der Waals surface area contributed by atoms with Crippen molar-refractivity contribution in [2.75, 3.05) is 0 Å². The number of carbonyl (C=O) groups excluding carboxylic acids is 1. The number of rotatable bonds is 0. The first-order chi connectivity index (χ1) is 4.18. The van der Waals surface area contributed by atoms with Gasteiger partial charge in [-0.05, 0) is 0 Å². The van der Waals surface area contributed by atoms with Crippen molar-refractivity contribution in [2.45, 2.75) is 16.8 Å². The molecule has 1 atom stereocenters. The third-order valence-corrected chi connectivity index (χ3v) is 2.06. The van der Waals surface area contributed by atoms with Gasteiger partial charge in [0.25, 0.3) is 0 Å². The van der Waals surface area contributed by atoms with Crippen molar-refractivity contribution in [3.05, 3.63) is 11.8 Å². The predicted octanol–water partition coefficient (Wildman–Crippen LogP) is 1.59. The van der Waals surface area contributed by atoms with Crippen LogP contribution in [0.15, 0.2) is 11.8 Å². The maximum Gasteiger partial charge on any atom is 0.160 e. The van der Waals surface area contributed by atoms with Crippen molar-refractivity contribution in [3.8, 4) is 0 Å². The van der Waals surface area contributed by atoms with Crippen LogP contribution in [0.2, 0.25) is 0 Å². The normalized spacial score (nSPS) is 27.9. The summed E-state index contributed by atoms with van der Waals surface area (Å²) in [4.78, 5) is 10.6. The first-order valence-electron chi connectivity index (χ1n) is 2.75. The molecular weight excluding hydrogens is 231 g/mol. The van der Waals surface area contributed by atoms with Gasteiger partial charge < -0.3 is 5.11 Å². The molecule has 2 nitrogen and oxygen atoms in total. The molecule has 0 saturated heterocycles. The van der Waals surface area contributed by atoms with Crippen LogP contribution in [0.25, 0.3) is 0 Å². The van der Waals surface area contributed by atoms with E-state index in [0.29, 0.717) is 16.8 Å². The third kappa shape index (κ3) is 1.97. The highest BCUT2D eigenvalue weighted by Gasteiger charge is 2.16. The van der Waals surface area contributed by atoms with Crippen LogP contribution in [0.1, 0.15) is 12.8 Å². The summed E-state index contributed by atoms with van der Waals surface area (Å²) in [6, 6.07) is 0. The van der Waals surface area contributed by atoms with Gasteiger partial charge in [0, 0.05) is 22.8 Å². The van der Waals surface area contributed by atoms with Gasteiger partial charge in [0.05, 0.1) is 5.76 Å². The summed E-state index contributed by atoms with van der Waals surface area (Å²) in [6.45, 7) is 0. The Labute approximate surface area is 67.1 Å². The van der Waals surface area contributed by atoms with Crippen LogP contribution in [0.4, 0.5) is 0 Å². The summed E-state index contributed by atoms with van der Waals surface area (Å²) in [5.74, 6) is 0.267. The van der Waals surface area contributed by atoms with Crippen molar-refractivity contribution < 1.29 is 9.90 Å². The molecule has 0 fully saturated rings. The maximum atomic E-state index is 10.6. The van der Waals surface area contributed by atoms with Crippen LogP contribution >= 0.6 is 22.6 Å². The minimum atomic E-state index is 0.0400. The van der Waals surface area contributed by atoms with E-state index < -0.39 is 0 Å². The molecule has 0 saturated carbocycles. The molecule has 0 heterocycles. The summed E-state index contributed by atoms with van der Waals surface area (Å²) in [5.41, 5.74) is 0. The lowest BCUT2D eigenvalue weighted by atomic mass is 10.1. The largest absolute Gasteiger partial charge is 0.512 e. The summed E-state index contributed by atoms with van der Waals surface area (Å²) < 4.78 is 0.292. The zero-order valence-electron chi connectivity index (χ0n) is 4.80. The zero-order chi connectivity index (χ0) is 6.85. The molecule has 0 amide bonds. The van der Waals surface area contributed by atoms with Gasteiger partial charge in [0.2, 0.25) is 0 Å². The van der Waals surface area contributed by atoms with E-state index in [-0.39, 0.29) is 11.5 Å². The van der Waals surface area contributed by atoms with Crippen molar-refractivity contribution in [2.24, 2.45) is 0 Å². The summed E-state index contributed by atoms with van der Waals surface area (Å²) in [7, 11) is 0. The van der Waals surface area contributed by atoms with Crippen LogP contribution in [-0.4, -0.2) is 14.8 Å². The minimum Gasteiger partial charge on any atom is -0.512 e. The van der Waals surface area contributed by atoms with E-state index in [4.69, 9.17) is 5.11 Å². The lowest BCUT2D eigenvalue weighted by molar-refractivity contribution is -0.115. The first kappa shape index (κ1) is 7.05. The number of ketones is 1. The Balaban J connectivity index is 2.67. The molecule has 9 heavy (non-hydrogen) atoms. The van der Waals surface area contributed by atoms with Crippen LogP contribution in [0.5, 0.6) is 0 Å². The Kier molecular flexibility index (Phi) is 2.10. The molecule has 50 valence electrons.